The average molecular weight is 231 g/mol. The molecule has 90 valence electrons. The van der Waals surface area contributed by atoms with Crippen LogP contribution in [0.25, 0.3) is 11.5 Å². The highest BCUT2D eigenvalue weighted by Crippen LogP contribution is 2.25. The van der Waals surface area contributed by atoms with Gasteiger partial charge in [-0.2, -0.15) is 4.98 Å². The smallest absolute Gasteiger partial charge is 0.258 e. The molecule has 4 nitrogen and oxygen atoms in total. The first-order chi connectivity index (χ1) is 8.08. The lowest BCUT2D eigenvalue weighted by Gasteiger charge is -2.03. The molecular formula is C13H17N3O. The van der Waals surface area contributed by atoms with Crippen molar-refractivity contribution in [2.45, 2.75) is 33.2 Å². The summed E-state index contributed by atoms with van der Waals surface area (Å²) in [5, 5.41) is 3.95. The first-order valence-corrected chi connectivity index (χ1v) is 5.72. The Morgan fingerprint density at radius 1 is 1.29 bits per heavy atom. The summed E-state index contributed by atoms with van der Waals surface area (Å²) in [5.41, 5.74) is 9.01. The lowest BCUT2D eigenvalue weighted by atomic mass is 10.0. The van der Waals surface area contributed by atoms with E-state index in [4.69, 9.17) is 10.3 Å². The fourth-order valence-corrected chi connectivity index (χ4v) is 1.88. The summed E-state index contributed by atoms with van der Waals surface area (Å²) in [6.45, 7) is 6.00. The van der Waals surface area contributed by atoms with Crippen LogP contribution in [0.15, 0.2) is 22.7 Å². The fourth-order valence-electron chi connectivity index (χ4n) is 1.88. The van der Waals surface area contributed by atoms with E-state index in [0.717, 1.165) is 16.7 Å². The third kappa shape index (κ3) is 2.53. The zero-order valence-corrected chi connectivity index (χ0v) is 10.4. The molecule has 1 aromatic carbocycles. The van der Waals surface area contributed by atoms with Gasteiger partial charge in [0.25, 0.3) is 5.89 Å². The predicted octanol–water partition coefficient (Wildman–Crippen LogP) is 2.24. The van der Waals surface area contributed by atoms with Crippen LogP contribution in [-0.4, -0.2) is 16.2 Å². The molecule has 0 fully saturated rings. The number of aromatic nitrogens is 2. The van der Waals surface area contributed by atoms with E-state index in [-0.39, 0.29) is 6.04 Å². The molecule has 0 saturated carbocycles. The van der Waals surface area contributed by atoms with Gasteiger partial charge in [-0.15, -0.1) is 0 Å². The van der Waals surface area contributed by atoms with Gasteiger partial charge in [-0.05, 0) is 31.9 Å². The van der Waals surface area contributed by atoms with Crippen LogP contribution in [-0.2, 0) is 6.42 Å². The normalized spacial score (nSPS) is 12.7. The predicted molar refractivity (Wildman–Crippen MR) is 66.6 cm³/mol. The second-order valence-corrected chi connectivity index (χ2v) is 4.46. The minimum Gasteiger partial charge on any atom is -0.334 e. The van der Waals surface area contributed by atoms with Crippen LogP contribution in [0.5, 0.6) is 0 Å². The fraction of sp³-hybridized carbons (Fsp3) is 0.385. The number of rotatable bonds is 3. The summed E-state index contributed by atoms with van der Waals surface area (Å²) >= 11 is 0. The van der Waals surface area contributed by atoms with Gasteiger partial charge in [-0.3, -0.25) is 0 Å². The van der Waals surface area contributed by atoms with E-state index in [1.807, 2.05) is 39.0 Å². The first-order valence-electron chi connectivity index (χ1n) is 5.72. The highest BCUT2D eigenvalue weighted by molar-refractivity contribution is 5.62. The standard InChI is InChI=1S/C13H17N3O/c1-8-5-4-6-9(2)12(8)13-15-11(16-17-13)7-10(3)14/h4-6,10H,7,14H2,1-3H3. The monoisotopic (exact) mass is 231 g/mol. The molecule has 0 amide bonds. The van der Waals surface area contributed by atoms with Crippen molar-refractivity contribution in [3.8, 4) is 11.5 Å². The van der Waals surface area contributed by atoms with E-state index in [9.17, 15) is 0 Å². The molecule has 0 saturated heterocycles. The molecule has 1 unspecified atom stereocenters. The minimum atomic E-state index is 0.0402. The number of hydrogen-bond donors (Lipinski definition) is 1. The molecule has 2 aromatic rings. The zero-order chi connectivity index (χ0) is 12.4. The van der Waals surface area contributed by atoms with Gasteiger partial charge < -0.3 is 10.3 Å². The van der Waals surface area contributed by atoms with Crippen LogP contribution in [0.2, 0.25) is 0 Å². The molecule has 0 aliphatic heterocycles. The van der Waals surface area contributed by atoms with Crippen molar-refractivity contribution in [1.82, 2.24) is 10.1 Å². The molecule has 0 spiro atoms. The Labute approximate surface area is 101 Å². The topological polar surface area (TPSA) is 64.9 Å². The molecule has 0 bridgehead atoms. The summed E-state index contributed by atoms with van der Waals surface area (Å²) in [5.74, 6) is 1.24. The first kappa shape index (κ1) is 11.8. The summed E-state index contributed by atoms with van der Waals surface area (Å²) < 4.78 is 5.30. The molecule has 2 N–H and O–H groups in total. The van der Waals surface area contributed by atoms with Crippen molar-refractivity contribution < 1.29 is 4.52 Å². The summed E-state index contributed by atoms with van der Waals surface area (Å²) in [4.78, 5) is 4.38. The van der Waals surface area contributed by atoms with Crippen molar-refractivity contribution in [2.75, 3.05) is 0 Å². The van der Waals surface area contributed by atoms with E-state index in [1.54, 1.807) is 0 Å². The van der Waals surface area contributed by atoms with Crippen molar-refractivity contribution in [1.29, 1.82) is 0 Å². The summed E-state index contributed by atoms with van der Waals surface area (Å²) in [6, 6.07) is 6.14. The van der Waals surface area contributed by atoms with Crippen LogP contribution >= 0.6 is 0 Å². The quantitative estimate of drug-likeness (QED) is 0.879. The number of aryl methyl sites for hydroxylation is 2. The van der Waals surface area contributed by atoms with Crippen LogP contribution < -0.4 is 5.73 Å². The number of nitrogens with zero attached hydrogens (tertiary/aromatic N) is 2. The van der Waals surface area contributed by atoms with Crippen molar-refractivity contribution in [3.63, 3.8) is 0 Å². The van der Waals surface area contributed by atoms with Gasteiger partial charge in [0.15, 0.2) is 5.82 Å². The van der Waals surface area contributed by atoms with Crippen LogP contribution in [0.4, 0.5) is 0 Å². The Balaban J connectivity index is 2.37. The van der Waals surface area contributed by atoms with Gasteiger partial charge in [0.05, 0.1) is 0 Å². The maximum atomic E-state index is 5.71. The maximum Gasteiger partial charge on any atom is 0.258 e. The average Bonchev–Trinajstić information content (AvgIpc) is 2.65. The Hall–Kier alpha value is -1.68. The molecule has 1 aromatic heterocycles. The number of nitrogens with two attached hydrogens (primary N) is 1. The molecule has 0 aliphatic carbocycles. The van der Waals surface area contributed by atoms with Crippen molar-refractivity contribution in [2.24, 2.45) is 5.73 Å². The second-order valence-electron chi connectivity index (χ2n) is 4.46. The molecular weight excluding hydrogens is 214 g/mol. The van der Waals surface area contributed by atoms with Crippen LogP contribution in [0.1, 0.15) is 23.9 Å². The summed E-state index contributed by atoms with van der Waals surface area (Å²) in [6.07, 6.45) is 0.633. The van der Waals surface area contributed by atoms with Crippen LogP contribution in [0.3, 0.4) is 0 Å². The Morgan fingerprint density at radius 2 is 1.94 bits per heavy atom. The van der Waals surface area contributed by atoms with Gasteiger partial charge in [0, 0.05) is 18.0 Å². The maximum absolute atomic E-state index is 5.71. The lowest BCUT2D eigenvalue weighted by molar-refractivity contribution is 0.420. The molecule has 0 aliphatic rings. The number of benzene rings is 1. The minimum absolute atomic E-state index is 0.0402. The Bertz CT molecular complexity index is 497. The van der Waals surface area contributed by atoms with Crippen LogP contribution in [0, 0.1) is 13.8 Å². The second kappa shape index (κ2) is 4.67. The molecule has 2 rings (SSSR count). The third-order valence-electron chi connectivity index (χ3n) is 2.67. The van der Waals surface area contributed by atoms with Gasteiger partial charge >= 0.3 is 0 Å². The zero-order valence-electron chi connectivity index (χ0n) is 10.4. The van der Waals surface area contributed by atoms with Gasteiger partial charge in [-0.1, -0.05) is 23.4 Å². The van der Waals surface area contributed by atoms with Gasteiger partial charge in [-0.25, -0.2) is 0 Å². The third-order valence-corrected chi connectivity index (χ3v) is 2.67. The van der Waals surface area contributed by atoms with E-state index in [2.05, 4.69) is 10.1 Å². The van der Waals surface area contributed by atoms with Crippen molar-refractivity contribution >= 4 is 0 Å². The molecule has 17 heavy (non-hydrogen) atoms. The summed E-state index contributed by atoms with van der Waals surface area (Å²) in [7, 11) is 0. The Morgan fingerprint density at radius 3 is 2.53 bits per heavy atom. The largest absolute Gasteiger partial charge is 0.334 e. The molecule has 4 heteroatoms. The Kier molecular flexibility index (Phi) is 3.24. The van der Waals surface area contributed by atoms with Gasteiger partial charge in [0.1, 0.15) is 0 Å². The van der Waals surface area contributed by atoms with E-state index in [1.165, 1.54) is 0 Å². The number of hydrogen-bond acceptors (Lipinski definition) is 4. The highest BCUT2D eigenvalue weighted by atomic mass is 16.5. The highest BCUT2D eigenvalue weighted by Gasteiger charge is 2.13. The molecule has 0 radical (unpaired) electrons. The lowest BCUT2D eigenvalue weighted by Crippen LogP contribution is -2.18. The molecule has 1 atom stereocenters. The molecule has 1 heterocycles. The SMILES string of the molecule is Cc1cccc(C)c1-c1nc(CC(C)N)no1. The van der Waals surface area contributed by atoms with E-state index < -0.39 is 0 Å². The van der Waals surface area contributed by atoms with Gasteiger partial charge in [0.2, 0.25) is 0 Å². The van der Waals surface area contributed by atoms with Crippen molar-refractivity contribution in [3.05, 3.63) is 35.2 Å². The van der Waals surface area contributed by atoms with E-state index in [0.29, 0.717) is 18.1 Å². The van der Waals surface area contributed by atoms with E-state index >= 15 is 0 Å².